The average molecular weight is 241 g/mol. The Morgan fingerprint density at radius 3 is 2.69 bits per heavy atom. The Bertz CT molecular complexity index is 363. The molecule has 1 saturated heterocycles. The average Bonchev–Trinajstić information content (AvgIpc) is 2.95. The minimum absolute atomic E-state index is 0.136. The summed E-state index contributed by atoms with van der Waals surface area (Å²) in [4.78, 5) is 24.7. The fraction of sp³-hybridized carbons (Fsp3) is 0.700. The summed E-state index contributed by atoms with van der Waals surface area (Å²) in [6.45, 7) is 3.66. The topological polar surface area (TPSA) is 61.4 Å². The lowest BCUT2D eigenvalue weighted by atomic mass is 9.99. The second kappa shape index (κ2) is 3.69. The molecule has 88 valence electrons. The normalized spacial score (nSPS) is 24.0. The van der Waals surface area contributed by atoms with E-state index in [1.807, 2.05) is 0 Å². The summed E-state index contributed by atoms with van der Waals surface area (Å²) in [5.41, 5.74) is -0.771. The predicted molar refractivity (Wildman–Crippen MR) is 62.7 cm³/mol. The van der Waals surface area contributed by atoms with E-state index in [1.54, 1.807) is 18.7 Å². The van der Waals surface area contributed by atoms with E-state index in [-0.39, 0.29) is 18.4 Å². The Kier molecular flexibility index (Phi) is 2.61. The number of nitrogens with one attached hydrogen (secondary N) is 2. The number of hydrogen-bond acceptors (Lipinski definition) is 3. The van der Waals surface area contributed by atoms with Crippen LogP contribution in [0.4, 0.5) is 0 Å². The lowest BCUT2D eigenvalue weighted by Crippen LogP contribution is -2.67. The van der Waals surface area contributed by atoms with Crippen molar-refractivity contribution in [3.63, 3.8) is 0 Å². The van der Waals surface area contributed by atoms with Crippen LogP contribution in [0.2, 0.25) is 0 Å². The highest BCUT2D eigenvalue weighted by molar-refractivity contribution is 7.80. The molecule has 0 unspecified atom stereocenters. The number of thiocarbonyl (C=S) groups is 1. The number of amides is 2. The molecule has 1 saturated carbocycles. The fourth-order valence-corrected chi connectivity index (χ4v) is 2.05. The van der Waals surface area contributed by atoms with Crippen LogP contribution >= 0.6 is 12.2 Å². The maximum Gasteiger partial charge on any atom is 0.251 e. The zero-order valence-corrected chi connectivity index (χ0v) is 10.2. The van der Waals surface area contributed by atoms with Gasteiger partial charge >= 0.3 is 0 Å². The van der Waals surface area contributed by atoms with Crippen LogP contribution in [-0.2, 0) is 9.59 Å². The minimum Gasteiger partial charge on any atom is -0.360 e. The smallest absolute Gasteiger partial charge is 0.251 e. The van der Waals surface area contributed by atoms with E-state index in [2.05, 4.69) is 10.6 Å². The maximum atomic E-state index is 11.7. The standard InChI is InChI=1S/C10H15N3O2S/c1-10(2)8(15)12-7(14)5-13(10)9(16)11-6-3-4-6/h6H,3-5H2,1-2H3,(H,11,16)(H,12,14,15). The summed E-state index contributed by atoms with van der Waals surface area (Å²) in [6, 6.07) is 0.420. The molecule has 1 aliphatic heterocycles. The quantitative estimate of drug-likeness (QED) is 0.490. The summed E-state index contributed by atoms with van der Waals surface area (Å²) in [6.07, 6.45) is 2.21. The maximum absolute atomic E-state index is 11.7. The van der Waals surface area contributed by atoms with Crippen molar-refractivity contribution in [2.24, 2.45) is 0 Å². The van der Waals surface area contributed by atoms with Gasteiger partial charge < -0.3 is 10.2 Å². The first kappa shape index (κ1) is 11.3. The van der Waals surface area contributed by atoms with Gasteiger partial charge in [-0.3, -0.25) is 14.9 Å². The van der Waals surface area contributed by atoms with Crippen molar-refractivity contribution in [2.75, 3.05) is 6.54 Å². The molecule has 2 rings (SSSR count). The second-order valence-electron chi connectivity index (χ2n) is 4.75. The van der Waals surface area contributed by atoms with E-state index in [9.17, 15) is 9.59 Å². The highest BCUT2D eigenvalue weighted by Gasteiger charge is 2.42. The van der Waals surface area contributed by atoms with Gasteiger partial charge in [0.25, 0.3) is 5.91 Å². The molecule has 0 radical (unpaired) electrons. The van der Waals surface area contributed by atoms with E-state index >= 15 is 0 Å². The first-order valence-electron chi connectivity index (χ1n) is 5.33. The monoisotopic (exact) mass is 241 g/mol. The van der Waals surface area contributed by atoms with Gasteiger partial charge in [0.15, 0.2) is 5.11 Å². The van der Waals surface area contributed by atoms with E-state index in [1.165, 1.54) is 0 Å². The fourth-order valence-electron chi connectivity index (χ4n) is 1.59. The summed E-state index contributed by atoms with van der Waals surface area (Å²) in [5.74, 6) is -0.604. The lowest BCUT2D eigenvalue weighted by molar-refractivity contribution is -0.141. The van der Waals surface area contributed by atoms with Gasteiger partial charge in [-0.15, -0.1) is 0 Å². The number of carbonyl (C=O) groups is 2. The van der Waals surface area contributed by atoms with Gasteiger partial charge in [0.2, 0.25) is 5.91 Å². The molecule has 0 aromatic rings. The van der Waals surface area contributed by atoms with Gasteiger partial charge in [-0.25, -0.2) is 0 Å². The lowest BCUT2D eigenvalue weighted by Gasteiger charge is -2.41. The van der Waals surface area contributed by atoms with Crippen molar-refractivity contribution in [2.45, 2.75) is 38.3 Å². The molecule has 2 aliphatic rings. The highest BCUT2D eigenvalue weighted by atomic mass is 32.1. The largest absolute Gasteiger partial charge is 0.360 e. The molecule has 0 spiro atoms. The van der Waals surface area contributed by atoms with Crippen LogP contribution in [0.1, 0.15) is 26.7 Å². The van der Waals surface area contributed by atoms with Crippen molar-refractivity contribution >= 4 is 29.1 Å². The molecule has 1 heterocycles. The predicted octanol–water partition coefficient (Wildman–Crippen LogP) is -0.240. The van der Waals surface area contributed by atoms with Gasteiger partial charge in [0, 0.05) is 6.04 Å². The van der Waals surface area contributed by atoms with Gasteiger partial charge in [0.1, 0.15) is 12.1 Å². The van der Waals surface area contributed by atoms with Crippen molar-refractivity contribution in [3.05, 3.63) is 0 Å². The molecule has 0 aromatic carbocycles. The number of hydrogen-bond donors (Lipinski definition) is 2. The van der Waals surface area contributed by atoms with Crippen molar-refractivity contribution in [3.8, 4) is 0 Å². The molecular formula is C10H15N3O2S. The summed E-state index contributed by atoms with van der Waals surface area (Å²) in [7, 11) is 0. The zero-order chi connectivity index (χ0) is 11.9. The Hall–Kier alpha value is -1.17. The number of imide groups is 1. The molecule has 0 aromatic heterocycles. The van der Waals surface area contributed by atoms with Crippen molar-refractivity contribution < 1.29 is 9.59 Å². The third-order valence-corrected chi connectivity index (χ3v) is 3.27. The van der Waals surface area contributed by atoms with Gasteiger partial charge in [-0.05, 0) is 38.9 Å². The molecule has 6 heteroatoms. The number of rotatable bonds is 1. The Labute approximate surface area is 99.6 Å². The molecular weight excluding hydrogens is 226 g/mol. The molecule has 1 aliphatic carbocycles. The Morgan fingerprint density at radius 1 is 1.50 bits per heavy atom. The van der Waals surface area contributed by atoms with E-state index in [0.29, 0.717) is 11.2 Å². The van der Waals surface area contributed by atoms with Crippen LogP contribution < -0.4 is 10.6 Å². The second-order valence-corrected chi connectivity index (χ2v) is 5.13. The van der Waals surface area contributed by atoms with Crippen molar-refractivity contribution in [1.82, 2.24) is 15.5 Å². The van der Waals surface area contributed by atoms with E-state index in [4.69, 9.17) is 12.2 Å². The molecule has 5 nitrogen and oxygen atoms in total. The minimum atomic E-state index is -0.771. The number of carbonyl (C=O) groups excluding carboxylic acids is 2. The molecule has 0 atom stereocenters. The van der Waals surface area contributed by atoms with E-state index in [0.717, 1.165) is 12.8 Å². The van der Waals surface area contributed by atoms with Crippen LogP contribution in [0.25, 0.3) is 0 Å². The van der Waals surface area contributed by atoms with Crippen LogP contribution in [0.5, 0.6) is 0 Å². The summed E-state index contributed by atoms with van der Waals surface area (Å²) in [5, 5.41) is 5.96. The van der Waals surface area contributed by atoms with E-state index < -0.39 is 5.54 Å². The van der Waals surface area contributed by atoms with Crippen LogP contribution in [0, 0.1) is 0 Å². The first-order valence-corrected chi connectivity index (χ1v) is 5.74. The summed E-state index contributed by atoms with van der Waals surface area (Å²) < 4.78 is 0. The SMILES string of the molecule is CC1(C)C(=O)NC(=O)CN1C(=S)NC1CC1. The van der Waals surface area contributed by atoms with Crippen molar-refractivity contribution in [1.29, 1.82) is 0 Å². The molecule has 16 heavy (non-hydrogen) atoms. The van der Waals surface area contributed by atoms with Gasteiger partial charge in [-0.2, -0.15) is 0 Å². The Morgan fingerprint density at radius 2 is 2.12 bits per heavy atom. The van der Waals surface area contributed by atoms with Gasteiger partial charge in [0.05, 0.1) is 0 Å². The first-order chi connectivity index (χ1) is 7.41. The highest BCUT2D eigenvalue weighted by Crippen LogP contribution is 2.22. The zero-order valence-electron chi connectivity index (χ0n) is 9.37. The third kappa shape index (κ3) is 2.02. The molecule has 2 fully saturated rings. The van der Waals surface area contributed by atoms with Crippen LogP contribution in [0.3, 0.4) is 0 Å². The number of piperazine rings is 1. The van der Waals surface area contributed by atoms with Gasteiger partial charge in [-0.1, -0.05) is 0 Å². The molecule has 0 bridgehead atoms. The van der Waals surface area contributed by atoms with Crippen LogP contribution in [0.15, 0.2) is 0 Å². The molecule has 2 amide bonds. The number of nitrogens with zero attached hydrogens (tertiary/aromatic N) is 1. The third-order valence-electron chi connectivity index (χ3n) is 2.94. The Balaban J connectivity index is 2.12. The van der Waals surface area contributed by atoms with Crippen LogP contribution in [-0.4, -0.2) is 40.0 Å². The summed E-state index contributed by atoms with van der Waals surface area (Å²) >= 11 is 5.23. The molecule has 2 N–H and O–H groups in total.